The number of anilines is 1. The third-order valence-electron chi connectivity index (χ3n) is 7.03. The Kier molecular flexibility index (Phi) is 4.03. The quantitative estimate of drug-likeness (QED) is 0.857. The van der Waals surface area contributed by atoms with Gasteiger partial charge in [0, 0.05) is 18.0 Å². The highest BCUT2D eigenvalue weighted by Crippen LogP contribution is 2.60. The van der Waals surface area contributed by atoms with Gasteiger partial charge in [-0.2, -0.15) is 0 Å². The fraction of sp³-hybridized carbons (Fsp3) is 0.500. The Balaban J connectivity index is 1.28. The molecule has 0 aliphatic heterocycles. The van der Waals surface area contributed by atoms with Gasteiger partial charge >= 0.3 is 5.69 Å². The second-order valence-corrected chi connectivity index (χ2v) is 9.06. The second-order valence-electron chi connectivity index (χ2n) is 9.06. The van der Waals surface area contributed by atoms with Crippen molar-refractivity contribution >= 4 is 11.6 Å². The molecule has 0 atom stereocenters. The van der Waals surface area contributed by atoms with Gasteiger partial charge in [0.2, 0.25) is 5.91 Å². The van der Waals surface area contributed by atoms with Crippen LogP contribution in [-0.2, 0) is 16.8 Å². The molecule has 146 valence electrons. The van der Waals surface area contributed by atoms with E-state index in [1.165, 1.54) is 60.9 Å². The van der Waals surface area contributed by atoms with Crippen LogP contribution < -0.4 is 16.6 Å². The Morgan fingerprint density at radius 3 is 2.18 bits per heavy atom. The molecule has 6 rings (SSSR count). The Labute approximate surface area is 163 Å². The Hall–Kier alpha value is -2.63. The first-order valence-corrected chi connectivity index (χ1v) is 10.2. The van der Waals surface area contributed by atoms with Gasteiger partial charge in [0.25, 0.3) is 5.56 Å². The van der Waals surface area contributed by atoms with Crippen molar-refractivity contribution in [3.8, 4) is 0 Å². The van der Waals surface area contributed by atoms with Gasteiger partial charge in [-0.3, -0.25) is 19.1 Å². The summed E-state index contributed by atoms with van der Waals surface area (Å²) < 4.78 is 1.18. The van der Waals surface area contributed by atoms with Gasteiger partial charge in [-0.25, -0.2) is 4.79 Å². The standard InChI is InChI=1S/C22H25N3O3/c26-19-5-6-25(21(28)24-19)13-20(27)23-18-3-1-17(2-4-18)22-10-14-7-15(11-22)9-16(8-14)12-22/h1-6,14-16H,7-13H2,(H,23,27)(H,24,26,28). The first kappa shape index (κ1) is 17.5. The van der Waals surface area contributed by atoms with Gasteiger partial charge in [0.1, 0.15) is 6.54 Å². The van der Waals surface area contributed by atoms with Crippen molar-refractivity contribution in [2.45, 2.75) is 50.5 Å². The maximum Gasteiger partial charge on any atom is 0.328 e. The molecule has 0 saturated heterocycles. The lowest BCUT2D eigenvalue weighted by molar-refractivity contribution is -0.116. The van der Waals surface area contributed by atoms with Crippen molar-refractivity contribution in [2.24, 2.45) is 17.8 Å². The van der Waals surface area contributed by atoms with E-state index in [9.17, 15) is 14.4 Å². The number of rotatable bonds is 4. The summed E-state index contributed by atoms with van der Waals surface area (Å²) in [4.78, 5) is 37.2. The van der Waals surface area contributed by atoms with Crippen LogP contribution in [0.2, 0.25) is 0 Å². The molecule has 4 aliphatic rings. The van der Waals surface area contributed by atoms with E-state index < -0.39 is 11.2 Å². The molecule has 4 bridgehead atoms. The number of carbonyl (C=O) groups excluding carboxylic acids is 1. The predicted octanol–water partition coefficient (Wildman–Crippen LogP) is 2.64. The molecule has 1 aromatic heterocycles. The zero-order valence-electron chi connectivity index (χ0n) is 15.8. The number of amides is 1. The highest BCUT2D eigenvalue weighted by atomic mass is 16.2. The van der Waals surface area contributed by atoms with Crippen LogP contribution in [0.4, 0.5) is 5.69 Å². The van der Waals surface area contributed by atoms with Gasteiger partial charge in [-0.15, -0.1) is 0 Å². The first-order valence-electron chi connectivity index (χ1n) is 10.2. The second kappa shape index (κ2) is 6.47. The van der Waals surface area contributed by atoms with Gasteiger partial charge in [-0.1, -0.05) is 12.1 Å². The number of carbonyl (C=O) groups is 1. The summed E-state index contributed by atoms with van der Waals surface area (Å²) in [6.07, 6.45) is 9.57. The SMILES string of the molecule is O=C(Cn1ccc(=O)[nH]c1=O)Nc1ccc(C23CC4CC(CC(C4)C2)C3)cc1. The molecule has 2 aromatic rings. The van der Waals surface area contributed by atoms with Gasteiger partial charge in [0.15, 0.2) is 0 Å². The lowest BCUT2D eigenvalue weighted by Crippen LogP contribution is -2.48. The van der Waals surface area contributed by atoms with E-state index in [1.54, 1.807) is 0 Å². The Morgan fingerprint density at radius 2 is 1.61 bits per heavy atom. The number of benzene rings is 1. The van der Waals surface area contributed by atoms with Crippen molar-refractivity contribution in [3.63, 3.8) is 0 Å². The Morgan fingerprint density at radius 1 is 1.00 bits per heavy atom. The minimum Gasteiger partial charge on any atom is -0.325 e. The minimum absolute atomic E-state index is 0.133. The van der Waals surface area contributed by atoms with Crippen LogP contribution in [0.3, 0.4) is 0 Å². The van der Waals surface area contributed by atoms with Crippen LogP contribution in [0, 0.1) is 17.8 Å². The number of aromatic nitrogens is 2. The summed E-state index contributed by atoms with van der Waals surface area (Å²) in [5, 5.41) is 2.84. The fourth-order valence-electron chi connectivity index (χ4n) is 6.30. The number of H-pyrrole nitrogens is 1. The van der Waals surface area contributed by atoms with E-state index in [0.717, 1.165) is 23.4 Å². The summed E-state index contributed by atoms with van der Waals surface area (Å²) in [5.74, 6) is 2.42. The van der Waals surface area contributed by atoms with Crippen molar-refractivity contribution in [1.82, 2.24) is 9.55 Å². The van der Waals surface area contributed by atoms with Gasteiger partial charge < -0.3 is 5.32 Å². The average Bonchev–Trinajstić information content (AvgIpc) is 2.63. The average molecular weight is 379 g/mol. The molecule has 2 N–H and O–H groups in total. The fourth-order valence-corrected chi connectivity index (χ4v) is 6.30. The molecule has 4 aliphatic carbocycles. The third-order valence-corrected chi connectivity index (χ3v) is 7.03. The summed E-state index contributed by atoms with van der Waals surface area (Å²) in [6.45, 7) is -0.133. The molecule has 1 heterocycles. The zero-order valence-corrected chi connectivity index (χ0v) is 15.8. The molecule has 6 heteroatoms. The largest absolute Gasteiger partial charge is 0.328 e. The molecule has 4 saturated carbocycles. The van der Waals surface area contributed by atoms with Gasteiger partial charge in [0.05, 0.1) is 0 Å². The number of hydrogen-bond donors (Lipinski definition) is 2. The van der Waals surface area contributed by atoms with Crippen molar-refractivity contribution in [3.05, 3.63) is 62.9 Å². The number of nitrogens with one attached hydrogen (secondary N) is 2. The smallest absolute Gasteiger partial charge is 0.325 e. The normalized spacial score (nSPS) is 30.4. The zero-order chi connectivity index (χ0) is 19.3. The minimum atomic E-state index is -0.584. The molecule has 28 heavy (non-hydrogen) atoms. The van der Waals surface area contributed by atoms with Crippen LogP contribution in [0.25, 0.3) is 0 Å². The number of aromatic amines is 1. The van der Waals surface area contributed by atoms with Crippen LogP contribution in [0.15, 0.2) is 46.1 Å². The predicted molar refractivity (Wildman–Crippen MR) is 106 cm³/mol. The van der Waals surface area contributed by atoms with Crippen molar-refractivity contribution in [2.75, 3.05) is 5.32 Å². The molecule has 0 spiro atoms. The van der Waals surface area contributed by atoms with E-state index in [4.69, 9.17) is 0 Å². The maximum absolute atomic E-state index is 12.3. The van der Waals surface area contributed by atoms with E-state index in [-0.39, 0.29) is 12.5 Å². The molecule has 0 radical (unpaired) electrons. The van der Waals surface area contributed by atoms with Crippen molar-refractivity contribution in [1.29, 1.82) is 0 Å². The number of nitrogens with zero attached hydrogens (tertiary/aromatic N) is 1. The third kappa shape index (κ3) is 3.11. The van der Waals surface area contributed by atoms with E-state index in [1.807, 2.05) is 12.1 Å². The summed E-state index contributed by atoms with van der Waals surface area (Å²) >= 11 is 0. The highest BCUT2D eigenvalue weighted by molar-refractivity contribution is 5.90. The van der Waals surface area contributed by atoms with Crippen LogP contribution in [0.1, 0.15) is 44.1 Å². The summed E-state index contributed by atoms with van der Waals surface area (Å²) in [6, 6.07) is 9.53. The maximum atomic E-state index is 12.3. The molecule has 1 amide bonds. The van der Waals surface area contributed by atoms with E-state index in [2.05, 4.69) is 22.4 Å². The Bertz CT molecular complexity index is 983. The molecule has 6 nitrogen and oxygen atoms in total. The van der Waals surface area contributed by atoms with E-state index in [0.29, 0.717) is 5.41 Å². The monoisotopic (exact) mass is 379 g/mol. The molecular weight excluding hydrogens is 354 g/mol. The highest BCUT2D eigenvalue weighted by Gasteiger charge is 2.51. The lowest BCUT2D eigenvalue weighted by Gasteiger charge is -2.57. The molecule has 1 aromatic carbocycles. The van der Waals surface area contributed by atoms with Crippen molar-refractivity contribution < 1.29 is 4.79 Å². The molecule has 4 fully saturated rings. The van der Waals surface area contributed by atoms with Crippen LogP contribution in [-0.4, -0.2) is 15.5 Å². The van der Waals surface area contributed by atoms with Crippen LogP contribution >= 0.6 is 0 Å². The summed E-state index contributed by atoms with van der Waals surface area (Å²) in [7, 11) is 0. The van der Waals surface area contributed by atoms with Crippen LogP contribution in [0.5, 0.6) is 0 Å². The summed E-state index contributed by atoms with van der Waals surface area (Å²) in [5.41, 5.74) is 1.44. The molecule has 0 unspecified atom stereocenters. The number of hydrogen-bond acceptors (Lipinski definition) is 3. The first-order chi connectivity index (χ1) is 13.5. The lowest BCUT2D eigenvalue weighted by atomic mass is 9.48. The topological polar surface area (TPSA) is 84.0 Å². The molecular formula is C22H25N3O3. The van der Waals surface area contributed by atoms with E-state index >= 15 is 0 Å². The van der Waals surface area contributed by atoms with Gasteiger partial charge in [-0.05, 0) is 79.4 Å².